The topological polar surface area (TPSA) is 118 Å². The van der Waals surface area contributed by atoms with Gasteiger partial charge in [0.25, 0.3) is 0 Å². The van der Waals surface area contributed by atoms with Gasteiger partial charge in [0.05, 0.1) is 24.7 Å². The van der Waals surface area contributed by atoms with Crippen molar-refractivity contribution >= 4 is 28.6 Å². The van der Waals surface area contributed by atoms with Crippen LogP contribution in [-0.2, 0) is 9.53 Å². The van der Waals surface area contributed by atoms with Crippen molar-refractivity contribution in [1.29, 1.82) is 0 Å². The number of hydrogen-bond donors (Lipinski definition) is 0. The summed E-state index contributed by atoms with van der Waals surface area (Å²) in [5, 5.41) is 11.6. The third-order valence-corrected chi connectivity index (χ3v) is 4.04. The van der Waals surface area contributed by atoms with E-state index in [1.54, 1.807) is 31.2 Å². The van der Waals surface area contributed by atoms with Gasteiger partial charge in [0.15, 0.2) is 5.75 Å². The Kier molecular flexibility index (Phi) is 5.49. The molecule has 0 bridgehead atoms. The van der Waals surface area contributed by atoms with E-state index in [1.165, 1.54) is 26.2 Å². The van der Waals surface area contributed by atoms with Crippen LogP contribution in [0.1, 0.15) is 24.2 Å². The molecule has 0 aliphatic rings. The fourth-order valence-electron chi connectivity index (χ4n) is 2.87. The average molecular weight is 399 g/mol. The molecule has 0 spiro atoms. The number of nitro benzene ring substituents is 1. The second-order valence-corrected chi connectivity index (χ2v) is 5.92. The van der Waals surface area contributed by atoms with Gasteiger partial charge < -0.3 is 18.6 Å². The van der Waals surface area contributed by atoms with E-state index in [4.69, 9.17) is 18.6 Å². The summed E-state index contributed by atoms with van der Waals surface area (Å²) in [7, 11) is 1.30. The molecule has 9 heteroatoms. The summed E-state index contributed by atoms with van der Waals surface area (Å²) < 4.78 is 21.0. The van der Waals surface area contributed by atoms with Crippen molar-refractivity contribution in [3.63, 3.8) is 0 Å². The number of nitro groups is 1. The second-order valence-electron chi connectivity index (χ2n) is 5.92. The highest BCUT2D eigenvalue weighted by molar-refractivity contribution is 6.09. The fraction of sp³-hybridized carbons (Fsp3) is 0.200. The standard InChI is InChI=1S/C20H17NO8/c1-4-27-20(23)18-14-9-17(26-3)15(21(24)25)10-16(14)29-19(18)12-5-7-13(8-6-12)28-11(2)22/h5-10H,4H2,1-3H3. The van der Waals surface area contributed by atoms with E-state index in [0.717, 1.165) is 0 Å². The molecular weight excluding hydrogens is 382 g/mol. The van der Waals surface area contributed by atoms with Crippen molar-refractivity contribution in [2.45, 2.75) is 13.8 Å². The quantitative estimate of drug-likeness (QED) is 0.263. The Morgan fingerprint density at radius 1 is 1.17 bits per heavy atom. The molecule has 9 nitrogen and oxygen atoms in total. The Bertz CT molecular complexity index is 1100. The summed E-state index contributed by atoms with van der Waals surface area (Å²) in [6.07, 6.45) is 0. The summed E-state index contributed by atoms with van der Waals surface area (Å²) in [5.74, 6) is -0.609. The Balaban J connectivity index is 2.22. The number of furan rings is 1. The molecular formula is C20H17NO8. The summed E-state index contributed by atoms with van der Waals surface area (Å²) in [4.78, 5) is 34.4. The average Bonchev–Trinajstić information content (AvgIpc) is 3.05. The minimum atomic E-state index is -0.638. The number of nitrogens with zero attached hydrogens (tertiary/aromatic N) is 1. The predicted molar refractivity (Wildman–Crippen MR) is 102 cm³/mol. The molecule has 3 aromatic rings. The van der Waals surface area contributed by atoms with Crippen molar-refractivity contribution in [3.05, 3.63) is 52.1 Å². The van der Waals surface area contributed by atoms with Crippen molar-refractivity contribution in [2.24, 2.45) is 0 Å². The van der Waals surface area contributed by atoms with E-state index >= 15 is 0 Å². The molecule has 1 heterocycles. The minimum absolute atomic E-state index is 0.00870. The highest BCUT2D eigenvalue weighted by Gasteiger charge is 2.27. The van der Waals surface area contributed by atoms with Crippen LogP contribution in [-0.4, -0.2) is 30.6 Å². The van der Waals surface area contributed by atoms with Gasteiger partial charge in [0.1, 0.15) is 22.7 Å². The Morgan fingerprint density at radius 2 is 1.86 bits per heavy atom. The van der Waals surface area contributed by atoms with E-state index in [9.17, 15) is 19.7 Å². The minimum Gasteiger partial charge on any atom is -0.490 e. The van der Waals surface area contributed by atoms with Crippen LogP contribution >= 0.6 is 0 Å². The highest BCUT2D eigenvalue weighted by Crippen LogP contribution is 2.40. The molecule has 29 heavy (non-hydrogen) atoms. The lowest BCUT2D eigenvalue weighted by Gasteiger charge is -2.05. The lowest BCUT2D eigenvalue weighted by atomic mass is 10.0. The predicted octanol–water partition coefficient (Wildman–Crippen LogP) is 4.12. The van der Waals surface area contributed by atoms with Crippen LogP contribution in [0.5, 0.6) is 11.5 Å². The van der Waals surface area contributed by atoms with E-state index < -0.39 is 16.9 Å². The van der Waals surface area contributed by atoms with Gasteiger partial charge in [-0.2, -0.15) is 0 Å². The molecule has 0 aliphatic carbocycles. The summed E-state index contributed by atoms with van der Waals surface area (Å²) >= 11 is 0. The van der Waals surface area contributed by atoms with Crippen molar-refractivity contribution < 1.29 is 33.1 Å². The number of esters is 2. The van der Waals surface area contributed by atoms with E-state index in [2.05, 4.69) is 0 Å². The maximum Gasteiger partial charge on any atom is 0.342 e. The second kappa shape index (κ2) is 8.01. The summed E-state index contributed by atoms with van der Waals surface area (Å²) in [6.45, 7) is 3.09. The van der Waals surface area contributed by atoms with Gasteiger partial charge in [0, 0.05) is 17.9 Å². The number of carbonyl (C=O) groups is 2. The Labute approximate surface area is 164 Å². The maximum absolute atomic E-state index is 12.6. The van der Waals surface area contributed by atoms with Gasteiger partial charge in [-0.1, -0.05) is 0 Å². The summed E-state index contributed by atoms with van der Waals surface area (Å²) in [6, 6.07) is 8.87. The fourth-order valence-corrected chi connectivity index (χ4v) is 2.87. The molecule has 0 atom stereocenters. The largest absolute Gasteiger partial charge is 0.490 e. The van der Waals surface area contributed by atoms with Gasteiger partial charge in [0.2, 0.25) is 0 Å². The molecule has 0 aliphatic heterocycles. The van der Waals surface area contributed by atoms with Gasteiger partial charge in [-0.15, -0.1) is 0 Å². The maximum atomic E-state index is 12.6. The SMILES string of the molecule is CCOC(=O)c1c(-c2ccc(OC(C)=O)cc2)oc2cc([N+](=O)[O-])c(OC)cc12. The molecule has 3 rings (SSSR count). The molecule has 0 saturated carbocycles. The van der Waals surface area contributed by atoms with Crippen LogP contribution in [0.25, 0.3) is 22.3 Å². The van der Waals surface area contributed by atoms with E-state index in [1.807, 2.05) is 0 Å². The first kappa shape index (κ1) is 19.9. The number of ether oxygens (including phenoxy) is 3. The van der Waals surface area contributed by atoms with Crippen LogP contribution < -0.4 is 9.47 Å². The number of benzene rings is 2. The zero-order valence-electron chi connectivity index (χ0n) is 15.9. The van der Waals surface area contributed by atoms with Crippen molar-refractivity contribution in [2.75, 3.05) is 13.7 Å². The molecule has 0 fully saturated rings. The Morgan fingerprint density at radius 3 is 2.41 bits per heavy atom. The van der Waals surface area contributed by atoms with Crippen molar-refractivity contribution in [1.82, 2.24) is 0 Å². The smallest absolute Gasteiger partial charge is 0.342 e. The molecule has 0 unspecified atom stereocenters. The zero-order chi connectivity index (χ0) is 21.1. The first-order valence-corrected chi connectivity index (χ1v) is 8.60. The highest BCUT2D eigenvalue weighted by atomic mass is 16.6. The number of carbonyl (C=O) groups excluding carboxylic acids is 2. The van der Waals surface area contributed by atoms with E-state index in [-0.39, 0.29) is 35.0 Å². The third-order valence-electron chi connectivity index (χ3n) is 4.04. The van der Waals surface area contributed by atoms with Crippen LogP contribution in [0.2, 0.25) is 0 Å². The lowest BCUT2D eigenvalue weighted by Crippen LogP contribution is -2.05. The van der Waals surface area contributed by atoms with Crippen molar-refractivity contribution in [3.8, 4) is 22.8 Å². The molecule has 0 radical (unpaired) electrons. The Hall–Kier alpha value is -3.88. The van der Waals surface area contributed by atoms with E-state index in [0.29, 0.717) is 16.7 Å². The van der Waals surface area contributed by atoms with Gasteiger partial charge in [-0.25, -0.2) is 4.79 Å². The lowest BCUT2D eigenvalue weighted by molar-refractivity contribution is -0.385. The van der Waals surface area contributed by atoms with Crippen LogP contribution in [0.3, 0.4) is 0 Å². The van der Waals surface area contributed by atoms with Gasteiger partial charge in [-0.3, -0.25) is 14.9 Å². The first-order chi connectivity index (χ1) is 13.8. The number of rotatable bonds is 6. The molecule has 0 saturated heterocycles. The number of fused-ring (bicyclic) bond motifs is 1. The number of hydrogen-bond acceptors (Lipinski definition) is 8. The van der Waals surface area contributed by atoms with Crippen LogP contribution in [0.15, 0.2) is 40.8 Å². The third kappa shape index (κ3) is 3.88. The molecule has 0 N–H and O–H groups in total. The number of methoxy groups -OCH3 is 1. The molecule has 0 amide bonds. The zero-order valence-corrected chi connectivity index (χ0v) is 15.9. The van der Waals surface area contributed by atoms with Crippen LogP contribution in [0, 0.1) is 10.1 Å². The molecule has 2 aromatic carbocycles. The monoisotopic (exact) mass is 399 g/mol. The van der Waals surface area contributed by atoms with Gasteiger partial charge >= 0.3 is 17.6 Å². The summed E-state index contributed by atoms with van der Waals surface area (Å²) in [5.41, 5.74) is 0.470. The normalized spacial score (nSPS) is 10.6. The molecule has 1 aromatic heterocycles. The van der Waals surface area contributed by atoms with Gasteiger partial charge in [-0.05, 0) is 37.3 Å². The van der Waals surface area contributed by atoms with Crippen LogP contribution in [0.4, 0.5) is 5.69 Å². The first-order valence-electron chi connectivity index (χ1n) is 8.60. The molecule has 150 valence electrons.